The lowest BCUT2D eigenvalue weighted by atomic mass is 10.3. The summed E-state index contributed by atoms with van der Waals surface area (Å²) in [4.78, 5) is 16.3. The molecule has 1 saturated carbocycles. The van der Waals surface area contributed by atoms with Crippen molar-refractivity contribution in [3.63, 3.8) is 0 Å². The number of halogens is 2. The Morgan fingerprint density at radius 3 is 3.00 bits per heavy atom. The molecule has 0 bridgehead atoms. The highest BCUT2D eigenvalue weighted by Gasteiger charge is 2.23. The highest BCUT2D eigenvalue weighted by atomic mass is 127. The minimum atomic E-state index is 0.111. The Labute approximate surface area is 136 Å². The Kier molecular flexibility index (Phi) is 4.16. The van der Waals surface area contributed by atoms with Crippen molar-refractivity contribution in [1.29, 1.82) is 0 Å². The van der Waals surface area contributed by atoms with Crippen LogP contribution in [0.2, 0.25) is 0 Å². The average molecular weight is 404 g/mol. The molecule has 0 aliphatic heterocycles. The second-order valence-electron chi connectivity index (χ2n) is 5.04. The number of nitrogens with zero attached hydrogens (tertiary/aromatic N) is 2. The number of alkyl halides is 1. The molecule has 1 amide bonds. The van der Waals surface area contributed by atoms with Gasteiger partial charge < -0.3 is 9.88 Å². The van der Waals surface area contributed by atoms with Crippen LogP contribution in [0, 0.1) is 3.57 Å². The number of nitrogens with one attached hydrogen (secondary N) is 1. The quantitative estimate of drug-likeness (QED) is 0.616. The monoisotopic (exact) mass is 403 g/mol. The lowest BCUT2D eigenvalue weighted by Crippen LogP contribution is -2.26. The first-order chi connectivity index (χ1) is 9.67. The predicted molar refractivity (Wildman–Crippen MR) is 87.8 cm³/mol. The maximum absolute atomic E-state index is 11.8. The largest absolute Gasteiger partial charge is 0.353 e. The fourth-order valence-electron chi connectivity index (χ4n) is 2.25. The molecule has 1 heterocycles. The number of rotatable bonds is 5. The summed E-state index contributed by atoms with van der Waals surface area (Å²) in [6, 6.07) is 6.53. The standard InChI is InChI=1S/C14H15ClIN3O/c15-8-13-18-11-7-9(16)1-4-12(11)19(13)6-5-14(20)17-10-2-3-10/h1,4,7,10H,2-3,5-6,8H2,(H,17,20). The van der Waals surface area contributed by atoms with Crippen molar-refractivity contribution in [3.8, 4) is 0 Å². The molecule has 1 aliphatic carbocycles. The summed E-state index contributed by atoms with van der Waals surface area (Å²) < 4.78 is 3.19. The van der Waals surface area contributed by atoms with Crippen molar-refractivity contribution in [1.82, 2.24) is 14.9 Å². The molecular formula is C14H15ClIN3O. The summed E-state index contributed by atoms with van der Waals surface area (Å²) >= 11 is 8.23. The van der Waals surface area contributed by atoms with Crippen LogP contribution in [0.3, 0.4) is 0 Å². The van der Waals surface area contributed by atoms with Crippen LogP contribution in [0.15, 0.2) is 18.2 Å². The molecule has 1 aromatic heterocycles. The number of aryl methyl sites for hydroxylation is 1. The molecule has 3 rings (SSSR count). The smallest absolute Gasteiger partial charge is 0.222 e. The topological polar surface area (TPSA) is 46.9 Å². The van der Waals surface area contributed by atoms with Gasteiger partial charge in [0.2, 0.25) is 5.91 Å². The van der Waals surface area contributed by atoms with Gasteiger partial charge in [-0.3, -0.25) is 4.79 Å². The van der Waals surface area contributed by atoms with Crippen LogP contribution in [0.4, 0.5) is 0 Å². The van der Waals surface area contributed by atoms with Crippen LogP contribution < -0.4 is 5.32 Å². The molecule has 0 saturated heterocycles. The molecule has 1 aromatic carbocycles. The van der Waals surface area contributed by atoms with Crippen molar-refractivity contribution >= 4 is 51.1 Å². The first kappa shape index (κ1) is 14.1. The van der Waals surface area contributed by atoms with E-state index in [1.54, 1.807) is 0 Å². The highest BCUT2D eigenvalue weighted by molar-refractivity contribution is 14.1. The summed E-state index contributed by atoms with van der Waals surface area (Å²) in [7, 11) is 0. The maximum Gasteiger partial charge on any atom is 0.222 e. The number of carbonyl (C=O) groups is 1. The van der Waals surface area contributed by atoms with E-state index >= 15 is 0 Å². The third-order valence-electron chi connectivity index (χ3n) is 3.41. The van der Waals surface area contributed by atoms with E-state index in [2.05, 4.69) is 32.9 Å². The third-order valence-corrected chi connectivity index (χ3v) is 4.32. The predicted octanol–water partition coefficient (Wildman–Crippen LogP) is 3.05. The number of amides is 1. The van der Waals surface area contributed by atoms with Gasteiger partial charge in [0.25, 0.3) is 0 Å². The SMILES string of the molecule is O=C(CCn1c(CCl)nc2cc(I)ccc21)NC1CC1. The second kappa shape index (κ2) is 5.89. The van der Waals surface area contributed by atoms with Crippen LogP contribution in [0.5, 0.6) is 0 Å². The van der Waals surface area contributed by atoms with Crippen molar-refractivity contribution in [2.24, 2.45) is 0 Å². The molecule has 0 spiro atoms. The summed E-state index contributed by atoms with van der Waals surface area (Å²) in [5.41, 5.74) is 1.98. The summed E-state index contributed by atoms with van der Waals surface area (Å²) in [6.07, 6.45) is 2.70. The summed E-state index contributed by atoms with van der Waals surface area (Å²) in [5, 5.41) is 3.00. The Balaban J connectivity index is 1.79. The van der Waals surface area contributed by atoms with E-state index in [1.165, 1.54) is 0 Å². The van der Waals surface area contributed by atoms with Gasteiger partial charge in [0.15, 0.2) is 0 Å². The third kappa shape index (κ3) is 3.09. The number of aromatic nitrogens is 2. The fourth-order valence-corrected chi connectivity index (χ4v) is 2.92. The molecule has 1 N–H and O–H groups in total. The molecule has 0 radical (unpaired) electrons. The van der Waals surface area contributed by atoms with Gasteiger partial charge in [-0.1, -0.05) is 0 Å². The molecule has 0 atom stereocenters. The Morgan fingerprint density at radius 1 is 1.50 bits per heavy atom. The van der Waals surface area contributed by atoms with Gasteiger partial charge in [0.05, 0.1) is 16.9 Å². The van der Waals surface area contributed by atoms with E-state index in [4.69, 9.17) is 11.6 Å². The zero-order chi connectivity index (χ0) is 14.1. The van der Waals surface area contributed by atoms with E-state index in [9.17, 15) is 4.79 Å². The molecule has 6 heteroatoms. The lowest BCUT2D eigenvalue weighted by molar-refractivity contribution is -0.121. The number of carbonyl (C=O) groups excluding carboxylic acids is 1. The Bertz CT molecular complexity index is 651. The van der Waals surface area contributed by atoms with Crippen molar-refractivity contribution < 1.29 is 4.79 Å². The van der Waals surface area contributed by atoms with Crippen molar-refractivity contribution in [2.45, 2.75) is 37.7 Å². The molecule has 1 fully saturated rings. The van der Waals surface area contributed by atoms with Gasteiger partial charge in [-0.25, -0.2) is 4.98 Å². The highest BCUT2D eigenvalue weighted by Crippen LogP contribution is 2.21. The fraction of sp³-hybridized carbons (Fsp3) is 0.429. The van der Waals surface area contributed by atoms with E-state index in [-0.39, 0.29) is 5.91 Å². The van der Waals surface area contributed by atoms with Crippen LogP contribution >= 0.6 is 34.2 Å². The zero-order valence-corrected chi connectivity index (χ0v) is 13.8. The molecule has 20 heavy (non-hydrogen) atoms. The van der Waals surface area contributed by atoms with Gasteiger partial charge in [0.1, 0.15) is 5.82 Å². The minimum absolute atomic E-state index is 0.111. The number of fused-ring (bicyclic) bond motifs is 1. The molecule has 0 unspecified atom stereocenters. The maximum atomic E-state index is 11.8. The average Bonchev–Trinajstić information content (AvgIpc) is 3.16. The number of benzene rings is 1. The van der Waals surface area contributed by atoms with Crippen LogP contribution in [-0.2, 0) is 17.2 Å². The van der Waals surface area contributed by atoms with Crippen LogP contribution in [0.25, 0.3) is 11.0 Å². The van der Waals surface area contributed by atoms with E-state index in [0.717, 1.165) is 33.3 Å². The Hall–Kier alpha value is -0.820. The second-order valence-corrected chi connectivity index (χ2v) is 6.55. The van der Waals surface area contributed by atoms with Gasteiger partial charge in [-0.05, 0) is 53.6 Å². The molecule has 106 valence electrons. The lowest BCUT2D eigenvalue weighted by Gasteiger charge is -2.08. The molecule has 4 nitrogen and oxygen atoms in total. The summed E-state index contributed by atoms with van der Waals surface area (Å²) in [5.74, 6) is 1.29. The number of imidazole rings is 1. The number of hydrogen-bond acceptors (Lipinski definition) is 2. The Morgan fingerprint density at radius 2 is 2.30 bits per heavy atom. The molecular weight excluding hydrogens is 389 g/mol. The van der Waals surface area contributed by atoms with Crippen LogP contribution in [-0.4, -0.2) is 21.5 Å². The van der Waals surface area contributed by atoms with Crippen LogP contribution in [0.1, 0.15) is 25.1 Å². The first-order valence-electron chi connectivity index (χ1n) is 6.67. The van der Waals surface area contributed by atoms with E-state index < -0.39 is 0 Å². The molecule has 1 aliphatic rings. The summed E-state index contributed by atoms with van der Waals surface area (Å²) in [6.45, 7) is 0.623. The van der Waals surface area contributed by atoms with Gasteiger partial charge in [-0.2, -0.15) is 0 Å². The molecule has 2 aromatic rings. The van der Waals surface area contributed by atoms with E-state index in [0.29, 0.717) is 24.9 Å². The zero-order valence-electron chi connectivity index (χ0n) is 10.9. The van der Waals surface area contributed by atoms with Gasteiger partial charge in [0, 0.05) is 22.6 Å². The minimum Gasteiger partial charge on any atom is -0.353 e. The number of hydrogen-bond donors (Lipinski definition) is 1. The van der Waals surface area contributed by atoms with Gasteiger partial charge >= 0.3 is 0 Å². The van der Waals surface area contributed by atoms with Crippen molar-refractivity contribution in [3.05, 3.63) is 27.6 Å². The van der Waals surface area contributed by atoms with E-state index in [1.807, 2.05) is 22.8 Å². The normalized spacial score (nSPS) is 14.7. The van der Waals surface area contributed by atoms with Crippen molar-refractivity contribution in [2.75, 3.05) is 0 Å². The van der Waals surface area contributed by atoms with Gasteiger partial charge in [-0.15, -0.1) is 11.6 Å². The first-order valence-corrected chi connectivity index (χ1v) is 8.28.